The summed E-state index contributed by atoms with van der Waals surface area (Å²) in [6, 6.07) is 20.0. The number of nitrogens with one attached hydrogen (secondary N) is 2. The molecule has 7 heteroatoms. The second-order valence-electron chi connectivity index (χ2n) is 7.13. The molecule has 3 N–H and O–H groups in total. The predicted octanol–water partition coefficient (Wildman–Crippen LogP) is 6.21. The van der Waals surface area contributed by atoms with E-state index in [1.165, 1.54) is 0 Å². The van der Waals surface area contributed by atoms with E-state index >= 15 is 0 Å². The second kappa shape index (κ2) is 8.84. The molecule has 31 heavy (non-hydrogen) atoms. The van der Waals surface area contributed by atoms with Crippen LogP contribution >= 0.6 is 23.2 Å². The lowest BCUT2D eigenvalue weighted by atomic mass is 10.0. The van der Waals surface area contributed by atoms with Gasteiger partial charge >= 0.3 is 5.97 Å². The van der Waals surface area contributed by atoms with Crippen LogP contribution in [0.25, 0.3) is 10.9 Å². The maximum absolute atomic E-state index is 12.5. The van der Waals surface area contributed by atoms with Crippen molar-refractivity contribution in [2.24, 2.45) is 0 Å². The summed E-state index contributed by atoms with van der Waals surface area (Å²) >= 11 is 12.4. The fourth-order valence-corrected chi connectivity index (χ4v) is 4.13. The summed E-state index contributed by atoms with van der Waals surface area (Å²) in [4.78, 5) is 27.1. The number of carboxylic acids is 1. The molecule has 0 radical (unpaired) electrons. The number of Topliss-reactive ketones (excluding diaryl/α,β-unsaturated/α-hetero) is 1. The van der Waals surface area contributed by atoms with Gasteiger partial charge in [-0.15, -0.1) is 0 Å². The zero-order chi connectivity index (χ0) is 22.0. The summed E-state index contributed by atoms with van der Waals surface area (Å²) in [6.45, 7) is 0.361. The van der Waals surface area contributed by atoms with Gasteiger partial charge in [-0.05, 0) is 23.3 Å². The summed E-state index contributed by atoms with van der Waals surface area (Å²) in [5.41, 5.74) is 3.41. The van der Waals surface area contributed by atoms with Crippen LogP contribution in [0.1, 0.15) is 32.0 Å². The maximum Gasteiger partial charge on any atom is 0.354 e. The van der Waals surface area contributed by atoms with E-state index in [1.54, 1.807) is 24.3 Å². The van der Waals surface area contributed by atoms with Gasteiger partial charge in [0.05, 0.1) is 16.2 Å². The number of ketones is 1. The normalized spacial score (nSPS) is 10.9. The molecule has 0 atom stereocenters. The smallest absolute Gasteiger partial charge is 0.354 e. The van der Waals surface area contributed by atoms with Crippen LogP contribution < -0.4 is 5.32 Å². The van der Waals surface area contributed by atoms with Gasteiger partial charge in [-0.25, -0.2) is 4.79 Å². The highest BCUT2D eigenvalue weighted by Crippen LogP contribution is 2.36. The van der Waals surface area contributed by atoms with Gasteiger partial charge in [0.2, 0.25) is 0 Å². The van der Waals surface area contributed by atoms with Crippen molar-refractivity contribution in [1.29, 1.82) is 0 Å². The molecule has 0 bridgehead atoms. The van der Waals surface area contributed by atoms with Gasteiger partial charge in [-0.3, -0.25) is 4.79 Å². The van der Waals surface area contributed by atoms with Crippen LogP contribution in [0.3, 0.4) is 0 Å². The van der Waals surface area contributed by atoms with Gasteiger partial charge in [0.15, 0.2) is 5.78 Å². The van der Waals surface area contributed by atoms with E-state index in [0.717, 1.165) is 11.1 Å². The van der Waals surface area contributed by atoms with Crippen molar-refractivity contribution in [2.45, 2.75) is 13.0 Å². The van der Waals surface area contributed by atoms with E-state index in [0.29, 0.717) is 38.7 Å². The Labute approximate surface area is 188 Å². The number of carboxylic acid groups (broad SMARTS) is 1. The van der Waals surface area contributed by atoms with Crippen molar-refractivity contribution in [3.63, 3.8) is 0 Å². The average molecular weight is 453 g/mol. The second-order valence-corrected chi connectivity index (χ2v) is 7.97. The van der Waals surface area contributed by atoms with Gasteiger partial charge in [0.25, 0.3) is 0 Å². The summed E-state index contributed by atoms with van der Waals surface area (Å²) < 4.78 is 0. The number of aromatic amines is 1. The van der Waals surface area contributed by atoms with E-state index in [-0.39, 0.29) is 17.9 Å². The van der Waals surface area contributed by atoms with E-state index < -0.39 is 5.97 Å². The first-order valence-corrected chi connectivity index (χ1v) is 10.3. The van der Waals surface area contributed by atoms with E-state index in [4.69, 9.17) is 23.2 Å². The van der Waals surface area contributed by atoms with Crippen LogP contribution in [0.2, 0.25) is 10.0 Å². The van der Waals surface area contributed by atoms with Crippen LogP contribution in [-0.4, -0.2) is 21.8 Å². The molecule has 0 saturated heterocycles. The van der Waals surface area contributed by atoms with Crippen molar-refractivity contribution in [2.75, 3.05) is 5.32 Å². The highest BCUT2D eigenvalue weighted by Gasteiger charge is 2.19. The number of fused-ring (bicyclic) bond motifs is 1. The highest BCUT2D eigenvalue weighted by molar-refractivity contribution is 6.40. The Morgan fingerprint density at radius 3 is 2.42 bits per heavy atom. The van der Waals surface area contributed by atoms with Gasteiger partial charge in [0, 0.05) is 28.9 Å². The molecule has 156 valence electrons. The van der Waals surface area contributed by atoms with E-state index in [2.05, 4.69) is 10.3 Å². The Morgan fingerprint density at radius 1 is 0.935 bits per heavy atom. The van der Waals surface area contributed by atoms with Crippen LogP contribution in [0, 0.1) is 0 Å². The first-order chi connectivity index (χ1) is 14.9. The molecule has 0 spiro atoms. The van der Waals surface area contributed by atoms with Crippen molar-refractivity contribution in [3.8, 4) is 0 Å². The molecule has 0 fully saturated rings. The SMILES string of the molecule is O=C(Cc1cccc(CNc2c(C(=O)O)[nH]c3cc(Cl)cc(Cl)c23)c1)c1ccccc1. The molecule has 4 aromatic rings. The quantitative estimate of drug-likeness (QED) is 0.291. The van der Waals surface area contributed by atoms with Crippen molar-refractivity contribution < 1.29 is 14.7 Å². The third-order valence-corrected chi connectivity index (χ3v) is 5.47. The Balaban J connectivity index is 1.57. The lowest BCUT2D eigenvalue weighted by molar-refractivity contribution is 0.0692. The fourth-order valence-electron chi connectivity index (χ4n) is 3.54. The van der Waals surface area contributed by atoms with Gasteiger partial charge in [-0.2, -0.15) is 0 Å². The first kappa shape index (κ1) is 21.0. The van der Waals surface area contributed by atoms with Crippen LogP contribution in [-0.2, 0) is 13.0 Å². The van der Waals surface area contributed by atoms with E-state index in [1.807, 2.05) is 42.5 Å². The summed E-state index contributed by atoms with van der Waals surface area (Å²) in [5, 5.41) is 14.1. The van der Waals surface area contributed by atoms with Crippen molar-refractivity contribution >= 4 is 51.5 Å². The lowest BCUT2D eigenvalue weighted by Crippen LogP contribution is -2.07. The number of carbonyl (C=O) groups excluding carboxylic acids is 1. The number of hydrogen-bond donors (Lipinski definition) is 3. The van der Waals surface area contributed by atoms with E-state index in [9.17, 15) is 14.7 Å². The number of hydrogen-bond acceptors (Lipinski definition) is 3. The lowest BCUT2D eigenvalue weighted by Gasteiger charge is -2.09. The zero-order valence-electron chi connectivity index (χ0n) is 16.3. The number of carbonyl (C=O) groups is 2. The molecule has 4 rings (SSSR count). The molecule has 0 saturated carbocycles. The van der Waals surface area contributed by atoms with Crippen molar-refractivity contribution in [3.05, 3.63) is 99.2 Å². The number of benzene rings is 3. The molecule has 3 aromatic carbocycles. The van der Waals surface area contributed by atoms with Gasteiger partial charge in [-0.1, -0.05) is 77.8 Å². The Morgan fingerprint density at radius 2 is 1.68 bits per heavy atom. The maximum atomic E-state index is 12.5. The third-order valence-electron chi connectivity index (χ3n) is 4.95. The molecule has 0 amide bonds. The summed E-state index contributed by atoms with van der Waals surface area (Å²) in [6.07, 6.45) is 0.287. The monoisotopic (exact) mass is 452 g/mol. The number of rotatable bonds is 7. The number of halogens is 2. The van der Waals surface area contributed by atoms with Crippen LogP contribution in [0.15, 0.2) is 66.7 Å². The minimum absolute atomic E-state index is 0.00887. The standard InChI is InChI=1S/C24H18Cl2N2O3/c25-17-11-18(26)21-19(12-17)28-23(24(30)31)22(21)27-13-15-6-4-5-14(9-15)10-20(29)16-7-2-1-3-8-16/h1-9,11-12,27-28H,10,13H2,(H,30,31). The number of H-pyrrole nitrogens is 1. The topological polar surface area (TPSA) is 82.2 Å². The van der Waals surface area contributed by atoms with Crippen LogP contribution in [0.4, 0.5) is 5.69 Å². The third kappa shape index (κ3) is 4.58. The number of anilines is 1. The highest BCUT2D eigenvalue weighted by atomic mass is 35.5. The molecular weight excluding hydrogens is 435 g/mol. The fraction of sp³-hybridized carbons (Fsp3) is 0.0833. The van der Waals surface area contributed by atoms with Crippen molar-refractivity contribution in [1.82, 2.24) is 4.98 Å². The zero-order valence-corrected chi connectivity index (χ0v) is 17.8. The molecule has 0 aliphatic rings. The minimum atomic E-state index is -1.10. The molecule has 0 unspecified atom stereocenters. The molecule has 5 nitrogen and oxygen atoms in total. The summed E-state index contributed by atoms with van der Waals surface area (Å²) in [5.74, 6) is -1.06. The Hall–Kier alpha value is -3.28. The molecule has 1 heterocycles. The predicted molar refractivity (Wildman–Crippen MR) is 124 cm³/mol. The largest absolute Gasteiger partial charge is 0.477 e. The summed E-state index contributed by atoms with van der Waals surface area (Å²) in [7, 11) is 0. The average Bonchev–Trinajstić information content (AvgIpc) is 3.12. The number of aromatic nitrogens is 1. The Bertz CT molecular complexity index is 1280. The molecule has 0 aliphatic heterocycles. The van der Waals surface area contributed by atoms with Gasteiger partial charge in [0.1, 0.15) is 5.69 Å². The van der Waals surface area contributed by atoms with Gasteiger partial charge < -0.3 is 15.4 Å². The van der Waals surface area contributed by atoms with Crippen LogP contribution in [0.5, 0.6) is 0 Å². The Kier molecular flexibility index (Phi) is 5.98. The molecule has 1 aromatic heterocycles. The molecule has 0 aliphatic carbocycles. The molecular formula is C24H18Cl2N2O3. The number of aromatic carboxylic acids is 1. The first-order valence-electron chi connectivity index (χ1n) is 9.56. The minimum Gasteiger partial charge on any atom is -0.477 e.